The van der Waals surface area contributed by atoms with Crippen molar-refractivity contribution in [2.75, 3.05) is 18.0 Å². The van der Waals surface area contributed by atoms with E-state index in [1.54, 1.807) is 29.5 Å². The number of para-hydroxylation sites is 1. The van der Waals surface area contributed by atoms with E-state index in [-0.39, 0.29) is 17.9 Å². The quantitative estimate of drug-likeness (QED) is 0.340. The molecule has 3 aromatic carbocycles. The Morgan fingerprint density at radius 1 is 0.909 bits per heavy atom. The highest BCUT2D eigenvalue weighted by Crippen LogP contribution is 2.31. The van der Waals surface area contributed by atoms with Crippen LogP contribution in [0.5, 0.6) is 5.75 Å². The monoisotopic (exact) mass is 457 g/mol. The summed E-state index contributed by atoms with van der Waals surface area (Å²) in [6, 6.07) is 24.0. The molecule has 0 bridgehead atoms. The number of ether oxygens (including phenoxy) is 1. The lowest BCUT2D eigenvalue weighted by atomic mass is 10.0. The molecule has 6 nitrogen and oxygen atoms in total. The maximum Gasteiger partial charge on any atom is 0.343 e. The zero-order chi connectivity index (χ0) is 22.6. The average Bonchev–Trinajstić information content (AvgIpc) is 3.29. The number of carbonyl (C=O) groups excluding carboxylic acids is 2. The zero-order valence-corrected chi connectivity index (χ0v) is 18.8. The lowest BCUT2D eigenvalue weighted by Crippen LogP contribution is -2.44. The van der Waals surface area contributed by atoms with Crippen LogP contribution >= 0.6 is 11.3 Å². The van der Waals surface area contributed by atoms with Gasteiger partial charge in [0.05, 0.1) is 15.8 Å². The molecule has 0 saturated carbocycles. The van der Waals surface area contributed by atoms with E-state index in [4.69, 9.17) is 9.72 Å². The average molecular weight is 458 g/mol. The first kappa shape index (κ1) is 21.2. The number of aromatic nitrogens is 1. The van der Waals surface area contributed by atoms with Crippen molar-refractivity contribution in [3.8, 4) is 5.75 Å². The fourth-order valence-corrected chi connectivity index (χ4v) is 4.96. The van der Waals surface area contributed by atoms with Gasteiger partial charge in [-0.05, 0) is 55.3 Å². The molecule has 0 spiro atoms. The van der Waals surface area contributed by atoms with Crippen molar-refractivity contribution in [1.82, 2.24) is 10.3 Å². The summed E-state index contributed by atoms with van der Waals surface area (Å²) in [4.78, 5) is 31.9. The Bertz CT molecular complexity index is 1270. The third-order valence-corrected chi connectivity index (χ3v) is 6.78. The number of fused-ring (bicyclic) bond motifs is 1. The Balaban J connectivity index is 1.22. The first-order valence-corrected chi connectivity index (χ1v) is 11.8. The fourth-order valence-electron chi connectivity index (χ4n) is 3.90. The van der Waals surface area contributed by atoms with E-state index < -0.39 is 0 Å². The molecule has 1 aromatic heterocycles. The van der Waals surface area contributed by atoms with Gasteiger partial charge in [-0.25, -0.2) is 9.78 Å². The summed E-state index contributed by atoms with van der Waals surface area (Å²) in [6.45, 7) is 1.64. The van der Waals surface area contributed by atoms with Crippen LogP contribution < -0.4 is 15.0 Å². The summed E-state index contributed by atoms with van der Waals surface area (Å²) >= 11 is 1.57. The highest BCUT2D eigenvalue weighted by Gasteiger charge is 2.23. The summed E-state index contributed by atoms with van der Waals surface area (Å²) in [6.07, 6.45) is 1.73. The van der Waals surface area contributed by atoms with Crippen molar-refractivity contribution in [3.63, 3.8) is 0 Å². The lowest BCUT2D eigenvalue weighted by Gasteiger charge is -2.32. The second-order valence-electron chi connectivity index (χ2n) is 7.98. The van der Waals surface area contributed by atoms with E-state index in [2.05, 4.69) is 10.2 Å². The van der Waals surface area contributed by atoms with Crippen LogP contribution in [0.3, 0.4) is 0 Å². The van der Waals surface area contributed by atoms with Gasteiger partial charge in [-0.2, -0.15) is 0 Å². The van der Waals surface area contributed by atoms with E-state index in [1.165, 1.54) is 0 Å². The SMILES string of the molecule is O=C(NC1CCN(c2nc3ccc(C(=O)Oc4ccccc4)cc3s2)CC1)c1ccccc1. The summed E-state index contributed by atoms with van der Waals surface area (Å²) in [7, 11) is 0. The number of anilines is 1. The van der Waals surface area contributed by atoms with E-state index >= 15 is 0 Å². The molecule has 5 rings (SSSR count). The number of rotatable bonds is 5. The summed E-state index contributed by atoms with van der Waals surface area (Å²) in [5.41, 5.74) is 2.06. The Morgan fingerprint density at radius 2 is 1.61 bits per heavy atom. The minimum atomic E-state index is -0.381. The van der Waals surface area contributed by atoms with Crippen molar-refractivity contribution in [1.29, 1.82) is 0 Å². The number of amides is 1. The molecule has 166 valence electrons. The molecule has 1 amide bonds. The molecule has 1 aliphatic rings. The number of esters is 1. The van der Waals surface area contributed by atoms with Crippen LogP contribution in [-0.2, 0) is 0 Å². The minimum Gasteiger partial charge on any atom is -0.423 e. The normalized spacial score (nSPS) is 14.2. The van der Waals surface area contributed by atoms with Gasteiger partial charge in [-0.15, -0.1) is 0 Å². The molecule has 0 aliphatic carbocycles. The van der Waals surface area contributed by atoms with Crippen LogP contribution in [-0.4, -0.2) is 36.0 Å². The number of hydrogen-bond donors (Lipinski definition) is 1. The Morgan fingerprint density at radius 3 is 2.33 bits per heavy atom. The Kier molecular flexibility index (Phi) is 6.04. The molecule has 1 N–H and O–H groups in total. The van der Waals surface area contributed by atoms with Crippen LogP contribution in [0.15, 0.2) is 78.9 Å². The van der Waals surface area contributed by atoms with Crippen LogP contribution in [0.25, 0.3) is 10.2 Å². The van der Waals surface area contributed by atoms with Gasteiger partial charge in [0.25, 0.3) is 5.91 Å². The molecule has 1 saturated heterocycles. The number of benzene rings is 3. The zero-order valence-electron chi connectivity index (χ0n) is 17.9. The van der Waals surface area contributed by atoms with Crippen molar-refractivity contribution in [2.45, 2.75) is 18.9 Å². The standard InChI is InChI=1S/C26H23N3O3S/c30-24(18-7-3-1-4-8-18)27-20-13-15-29(16-14-20)26-28-22-12-11-19(17-23(22)33-26)25(31)32-21-9-5-2-6-10-21/h1-12,17,20H,13-16H2,(H,27,30). The smallest absolute Gasteiger partial charge is 0.343 e. The third kappa shape index (κ3) is 4.88. The molecule has 1 aliphatic heterocycles. The van der Waals surface area contributed by atoms with Gasteiger partial charge < -0.3 is 15.0 Å². The van der Waals surface area contributed by atoms with Gasteiger partial charge in [0, 0.05) is 24.7 Å². The third-order valence-electron chi connectivity index (χ3n) is 5.70. The van der Waals surface area contributed by atoms with Gasteiger partial charge in [-0.3, -0.25) is 4.79 Å². The highest BCUT2D eigenvalue weighted by molar-refractivity contribution is 7.22. The highest BCUT2D eigenvalue weighted by atomic mass is 32.1. The van der Waals surface area contributed by atoms with E-state index in [0.717, 1.165) is 41.3 Å². The number of hydrogen-bond acceptors (Lipinski definition) is 6. The topological polar surface area (TPSA) is 71.5 Å². The number of carbonyl (C=O) groups is 2. The van der Waals surface area contributed by atoms with E-state index in [0.29, 0.717) is 16.9 Å². The summed E-state index contributed by atoms with van der Waals surface area (Å²) in [5.74, 6) is 0.117. The molecular weight excluding hydrogens is 434 g/mol. The molecule has 33 heavy (non-hydrogen) atoms. The maximum absolute atomic E-state index is 12.5. The van der Waals surface area contributed by atoms with Crippen molar-refractivity contribution in [3.05, 3.63) is 90.0 Å². The molecular formula is C26H23N3O3S. The van der Waals surface area contributed by atoms with Gasteiger partial charge in [0.1, 0.15) is 5.75 Å². The van der Waals surface area contributed by atoms with Gasteiger partial charge >= 0.3 is 5.97 Å². The largest absolute Gasteiger partial charge is 0.423 e. The van der Waals surface area contributed by atoms with Crippen LogP contribution in [0.4, 0.5) is 5.13 Å². The molecule has 0 unspecified atom stereocenters. The first-order valence-electron chi connectivity index (χ1n) is 10.9. The van der Waals surface area contributed by atoms with Crippen molar-refractivity contribution >= 4 is 38.6 Å². The summed E-state index contributed by atoms with van der Waals surface area (Å²) in [5, 5.41) is 4.08. The fraction of sp³-hybridized carbons (Fsp3) is 0.192. The molecule has 2 heterocycles. The van der Waals surface area contributed by atoms with Crippen LogP contribution in [0.1, 0.15) is 33.6 Å². The Labute approximate surface area is 195 Å². The molecule has 1 fully saturated rings. The molecule has 7 heteroatoms. The predicted octanol–water partition coefficient (Wildman–Crippen LogP) is 4.91. The molecule has 0 radical (unpaired) electrons. The number of thiazole rings is 1. The van der Waals surface area contributed by atoms with Crippen LogP contribution in [0, 0.1) is 0 Å². The van der Waals surface area contributed by atoms with E-state index in [1.807, 2.05) is 60.7 Å². The summed E-state index contributed by atoms with van der Waals surface area (Å²) < 4.78 is 6.40. The van der Waals surface area contributed by atoms with Crippen LogP contribution in [0.2, 0.25) is 0 Å². The minimum absolute atomic E-state index is 0.0241. The van der Waals surface area contributed by atoms with Gasteiger partial charge in [0.15, 0.2) is 5.13 Å². The molecule has 0 atom stereocenters. The Hall–Kier alpha value is -3.71. The predicted molar refractivity (Wildman–Crippen MR) is 130 cm³/mol. The van der Waals surface area contributed by atoms with Crippen molar-refractivity contribution < 1.29 is 14.3 Å². The van der Waals surface area contributed by atoms with Gasteiger partial charge in [0.2, 0.25) is 0 Å². The second-order valence-corrected chi connectivity index (χ2v) is 8.99. The van der Waals surface area contributed by atoms with E-state index in [9.17, 15) is 9.59 Å². The second kappa shape index (κ2) is 9.42. The lowest BCUT2D eigenvalue weighted by molar-refractivity contribution is 0.0734. The number of nitrogens with zero attached hydrogens (tertiary/aromatic N) is 2. The van der Waals surface area contributed by atoms with Gasteiger partial charge in [-0.1, -0.05) is 47.7 Å². The number of piperidine rings is 1. The van der Waals surface area contributed by atoms with Crippen molar-refractivity contribution in [2.24, 2.45) is 0 Å². The number of nitrogens with one attached hydrogen (secondary N) is 1. The molecule has 4 aromatic rings. The maximum atomic E-state index is 12.5. The first-order chi connectivity index (χ1) is 16.2.